The third-order valence-electron chi connectivity index (χ3n) is 2.34. The van der Waals surface area contributed by atoms with Crippen molar-refractivity contribution in [2.24, 2.45) is 11.7 Å². The second-order valence-electron chi connectivity index (χ2n) is 3.73. The van der Waals surface area contributed by atoms with Gasteiger partial charge in [0, 0.05) is 12.5 Å². The third kappa shape index (κ3) is 2.94. The van der Waals surface area contributed by atoms with E-state index in [9.17, 15) is 4.79 Å². The number of carbonyl (C=O) groups is 1. The monoisotopic (exact) mass is 183 g/mol. The zero-order valence-corrected chi connectivity index (χ0v) is 8.08. The molecular weight excluding hydrogens is 166 g/mol. The number of nitrogens with two attached hydrogens (primary N) is 1. The Hall–Kier alpha value is -0.670. The van der Waals surface area contributed by atoms with E-state index < -0.39 is 0 Å². The summed E-state index contributed by atoms with van der Waals surface area (Å²) in [5.74, 6) is 0.132. The number of ether oxygens (including phenoxy) is 1. The standard InChI is InChI=1S/C10H17NO2/c1-7(2)3-4-10(12)8-5-13-6-9(8)11/h8-9H,1,3-6,11H2,2H3. The lowest BCUT2D eigenvalue weighted by Gasteiger charge is -2.11. The predicted octanol–water partition coefficient (Wildman–Crippen LogP) is 0.885. The van der Waals surface area contributed by atoms with Crippen LogP contribution in [-0.2, 0) is 9.53 Å². The Morgan fingerprint density at radius 1 is 1.54 bits per heavy atom. The lowest BCUT2D eigenvalue weighted by Crippen LogP contribution is -2.33. The molecular formula is C10H17NO2. The number of rotatable bonds is 4. The molecule has 1 fully saturated rings. The Labute approximate surface area is 78.9 Å². The maximum absolute atomic E-state index is 11.6. The molecule has 3 heteroatoms. The van der Waals surface area contributed by atoms with E-state index in [2.05, 4.69) is 6.58 Å². The van der Waals surface area contributed by atoms with Gasteiger partial charge in [0.25, 0.3) is 0 Å². The third-order valence-corrected chi connectivity index (χ3v) is 2.34. The first-order valence-electron chi connectivity index (χ1n) is 4.61. The largest absolute Gasteiger partial charge is 0.379 e. The SMILES string of the molecule is C=C(C)CCC(=O)C1COCC1N. The summed E-state index contributed by atoms with van der Waals surface area (Å²) in [4.78, 5) is 11.6. The summed E-state index contributed by atoms with van der Waals surface area (Å²) >= 11 is 0. The van der Waals surface area contributed by atoms with E-state index in [1.165, 1.54) is 0 Å². The number of carbonyl (C=O) groups excluding carboxylic acids is 1. The van der Waals surface area contributed by atoms with E-state index in [-0.39, 0.29) is 17.7 Å². The second kappa shape index (κ2) is 4.53. The quantitative estimate of drug-likeness (QED) is 0.658. The maximum Gasteiger partial charge on any atom is 0.140 e. The van der Waals surface area contributed by atoms with Crippen LogP contribution < -0.4 is 5.73 Å². The van der Waals surface area contributed by atoms with E-state index in [4.69, 9.17) is 10.5 Å². The Kier molecular flexibility index (Phi) is 3.63. The molecule has 2 atom stereocenters. The molecule has 74 valence electrons. The molecule has 2 N–H and O–H groups in total. The van der Waals surface area contributed by atoms with Crippen molar-refractivity contribution < 1.29 is 9.53 Å². The van der Waals surface area contributed by atoms with Crippen molar-refractivity contribution in [2.45, 2.75) is 25.8 Å². The van der Waals surface area contributed by atoms with Gasteiger partial charge in [-0.3, -0.25) is 4.79 Å². The van der Waals surface area contributed by atoms with Crippen LogP contribution in [-0.4, -0.2) is 25.0 Å². The van der Waals surface area contributed by atoms with E-state index in [0.29, 0.717) is 19.6 Å². The van der Waals surface area contributed by atoms with Crippen molar-refractivity contribution in [3.8, 4) is 0 Å². The molecule has 0 aliphatic carbocycles. The minimum atomic E-state index is -0.0994. The van der Waals surface area contributed by atoms with Crippen LogP contribution in [0.4, 0.5) is 0 Å². The Morgan fingerprint density at radius 3 is 2.69 bits per heavy atom. The summed E-state index contributed by atoms with van der Waals surface area (Å²) in [5, 5.41) is 0. The molecule has 0 aromatic rings. The van der Waals surface area contributed by atoms with Crippen molar-refractivity contribution in [2.75, 3.05) is 13.2 Å². The lowest BCUT2D eigenvalue weighted by molar-refractivity contribution is -0.123. The van der Waals surface area contributed by atoms with Gasteiger partial charge < -0.3 is 10.5 Å². The molecule has 1 heterocycles. The van der Waals surface area contributed by atoms with Gasteiger partial charge in [-0.2, -0.15) is 0 Å². The molecule has 3 nitrogen and oxygen atoms in total. The highest BCUT2D eigenvalue weighted by Gasteiger charge is 2.30. The fourth-order valence-electron chi connectivity index (χ4n) is 1.42. The molecule has 0 spiro atoms. The van der Waals surface area contributed by atoms with Crippen molar-refractivity contribution >= 4 is 5.78 Å². The van der Waals surface area contributed by atoms with Crippen LogP contribution in [0, 0.1) is 5.92 Å². The van der Waals surface area contributed by atoms with Gasteiger partial charge >= 0.3 is 0 Å². The zero-order valence-electron chi connectivity index (χ0n) is 8.08. The normalized spacial score (nSPS) is 27.5. The minimum absolute atomic E-state index is 0.0839. The number of hydrogen-bond donors (Lipinski definition) is 1. The fraction of sp³-hybridized carbons (Fsp3) is 0.700. The summed E-state index contributed by atoms with van der Waals surface area (Å²) < 4.78 is 5.13. The Balaban J connectivity index is 2.34. The molecule has 0 saturated carbocycles. The van der Waals surface area contributed by atoms with Crippen molar-refractivity contribution in [1.82, 2.24) is 0 Å². The summed E-state index contributed by atoms with van der Waals surface area (Å²) in [6.45, 7) is 6.70. The van der Waals surface area contributed by atoms with Crippen LogP contribution in [0.1, 0.15) is 19.8 Å². The second-order valence-corrected chi connectivity index (χ2v) is 3.73. The highest BCUT2D eigenvalue weighted by molar-refractivity contribution is 5.82. The summed E-state index contributed by atoms with van der Waals surface area (Å²) in [6.07, 6.45) is 1.32. The van der Waals surface area contributed by atoms with E-state index in [0.717, 1.165) is 12.0 Å². The number of Topliss-reactive ketones (excluding diaryl/α,β-unsaturated/α-hetero) is 1. The van der Waals surface area contributed by atoms with E-state index in [1.807, 2.05) is 6.92 Å². The van der Waals surface area contributed by atoms with Crippen molar-refractivity contribution in [3.05, 3.63) is 12.2 Å². The first-order valence-corrected chi connectivity index (χ1v) is 4.61. The van der Waals surface area contributed by atoms with Gasteiger partial charge in [-0.05, 0) is 13.3 Å². The maximum atomic E-state index is 11.6. The lowest BCUT2D eigenvalue weighted by atomic mass is 9.95. The summed E-state index contributed by atoms with van der Waals surface area (Å²) in [7, 11) is 0. The van der Waals surface area contributed by atoms with Gasteiger partial charge in [0.15, 0.2) is 0 Å². The van der Waals surface area contributed by atoms with Gasteiger partial charge in [0.1, 0.15) is 5.78 Å². The first kappa shape index (κ1) is 10.4. The smallest absolute Gasteiger partial charge is 0.140 e. The van der Waals surface area contributed by atoms with Crippen LogP contribution in [0.3, 0.4) is 0 Å². The molecule has 0 radical (unpaired) electrons. The van der Waals surface area contributed by atoms with Crippen molar-refractivity contribution in [1.29, 1.82) is 0 Å². The fourth-order valence-corrected chi connectivity index (χ4v) is 1.42. The summed E-state index contributed by atoms with van der Waals surface area (Å²) in [5.41, 5.74) is 6.76. The highest BCUT2D eigenvalue weighted by Crippen LogP contribution is 2.16. The molecule has 1 aliphatic rings. The first-order chi connectivity index (χ1) is 6.11. The average molecular weight is 183 g/mol. The molecule has 13 heavy (non-hydrogen) atoms. The molecule has 1 rings (SSSR count). The van der Waals surface area contributed by atoms with Gasteiger partial charge in [0.2, 0.25) is 0 Å². The molecule has 0 aromatic carbocycles. The van der Waals surface area contributed by atoms with Crippen LogP contribution in [0.5, 0.6) is 0 Å². The molecule has 1 saturated heterocycles. The topological polar surface area (TPSA) is 52.3 Å². The van der Waals surface area contributed by atoms with Crippen LogP contribution in [0.2, 0.25) is 0 Å². The highest BCUT2D eigenvalue weighted by atomic mass is 16.5. The van der Waals surface area contributed by atoms with Gasteiger partial charge in [-0.25, -0.2) is 0 Å². The van der Waals surface area contributed by atoms with Crippen molar-refractivity contribution in [3.63, 3.8) is 0 Å². The zero-order chi connectivity index (χ0) is 9.84. The number of hydrogen-bond acceptors (Lipinski definition) is 3. The molecule has 0 amide bonds. The minimum Gasteiger partial charge on any atom is -0.379 e. The van der Waals surface area contributed by atoms with Gasteiger partial charge in [-0.1, -0.05) is 5.57 Å². The number of allylic oxidation sites excluding steroid dienone is 1. The molecule has 0 aromatic heterocycles. The van der Waals surface area contributed by atoms with Crippen LogP contribution >= 0.6 is 0 Å². The van der Waals surface area contributed by atoms with Gasteiger partial charge in [-0.15, -0.1) is 6.58 Å². The molecule has 2 unspecified atom stereocenters. The Morgan fingerprint density at radius 2 is 2.23 bits per heavy atom. The van der Waals surface area contributed by atoms with E-state index >= 15 is 0 Å². The Bertz CT molecular complexity index is 213. The number of ketones is 1. The predicted molar refractivity (Wildman–Crippen MR) is 51.3 cm³/mol. The van der Waals surface area contributed by atoms with Gasteiger partial charge in [0.05, 0.1) is 19.1 Å². The van der Waals surface area contributed by atoms with E-state index in [1.54, 1.807) is 0 Å². The molecule has 0 bridgehead atoms. The molecule has 1 aliphatic heterocycles. The summed E-state index contributed by atoms with van der Waals surface area (Å²) in [6, 6.07) is -0.0994. The van der Waals surface area contributed by atoms with Crippen LogP contribution in [0.25, 0.3) is 0 Å². The average Bonchev–Trinajstić information content (AvgIpc) is 2.47. The van der Waals surface area contributed by atoms with Crippen LogP contribution in [0.15, 0.2) is 12.2 Å².